The lowest BCUT2D eigenvalue weighted by molar-refractivity contribution is -0.0463. The Kier molecular flexibility index (Phi) is 5.97. The Hall–Kier alpha value is -1.68. The van der Waals surface area contributed by atoms with Crippen LogP contribution in [0.25, 0.3) is 0 Å². The number of aromatic nitrogens is 1. The van der Waals surface area contributed by atoms with E-state index in [2.05, 4.69) is 15.9 Å². The quantitative estimate of drug-likeness (QED) is 0.653. The molecule has 1 aliphatic heterocycles. The van der Waals surface area contributed by atoms with Gasteiger partial charge in [-0.2, -0.15) is 8.42 Å². The zero-order valence-electron chi connectivity index (χ0n) is 16.6. The molecule has 0 amide bonds. The highest BCUT2D eigenvalue weighted by Crippen LogP contribution is 2.44. The summed E-state index contributed by atoms with van der Waals surface area (Å²) in [6.07, 6.45) is 1.28. The molecular formula is C20H24BrNO6S. The van der Waals surface area contributed by atoms with Crippen LogP contribution in [-0.4, -0.2) is 36.1 Å². The number of halogens is 1. The number of nitrogens with zero attached hydrogens (tertiary/aromatic N) is 1. The predicted molar refractivity (Wildman–Crippen MR) is 113 cm³/mol. The van der Waals surface area contributed by atoms with E-state index < -0.39 is 34.0 Å². The molecule has 0 fully saturated rings. The standard InChI is InChI=1S/C20H24BrNO6S/c1-5-15(23)12-8-9-22(17(24)10-12)18-14-11-13(21)6-7-16(14)27-20(2,3)19(18)28-29(4,25)26/h6-11,15,18-19,23H,5H2,1-4H3/t15?,18-,19+/m1/s1. The number of fused-ring (bicyclic) bond motifs is 1. The molecular weight excluding hydrogens is 462 g/mol. The fraction of sp³-hybridized carbons (Fsp3) is 0.450. The van der Waals surface area contributed by atoms with Gasteiger partial charge in [-0.15, -0.1) is 0 Å². The minimum absolute atomic E-state index is 0.370. The van der Waals surface area contributed by atoms with Crippen molar-refractivity contribution in [1.29, 1.82) is 0 Å². The SMILES string of the molecule is CCC(O)c1ccn([C@@H]2c3cc(Br)ccc3OC(C)(C)[C@H]2OS(C)(=O)=O)c(=O)c1. The third-order valence-electron chi connectivity index (χ3n) is 4.96. The molecule has 1 aromatic carbocycles. The van der Waals surface area contributed by atoms with Crippen LogP contribution in [0.1, 0.15) is 50.5 Å². The van der Waals surface area contributed by atoms with Crippen LogP contribution in [0, 0.1) is 0 Å². The zero-order chi connectivity index (χ0) is 21.6. The molecule has 1 unspecified atom stereocenters. The maximum Gasteiger partial charge on any atom is 0.264 e. The van der Waals surface area contributed by atoms with Gasteiger partial charge in [-0.05, 0) is 50.1 Å². The van der Waals surface area contributed by atoms with Crippen LogP contribution in [0.5, 0.6) is 5.75 Å². The second-order valence-electron chi connectivity index (χ2n) is 7.68. The fourth-order valence-electron chi connectivity index (χ4n) is 3.56. The van der Waals surface area contributed by atoms with Gasteiger partial charge in [0.25, 0.3) is 15.7 Å². The van der Waals surface area contributed by atoms with Crippen molar-refractivity contribution in [1.82, 2.24) is 4.57 Å². The van der Waals surface area contributed by atoms with Gasteiger partial charge in [-0.3, -0.25) is 8.98 Å². The summed E-state index contributed by atoms with van der Waals surface area (Å²) in [5, 5.41) is 10.1. The average molecular weight is 486 g/mol. The van der Waals surface area contributed by atoms with E-state index in [1.165, 1.54) is 10.6 Å². The summed E-state index contributed by atoms with van der Waals surface area (Å²) in [6, 6.07) is 7.65. The van der Waals surface area contributed by atoms with Crippen LogP contribution < -0.4 is 10.3 Å². The lowest BCUT2D eigenvalue weighted by Gasteiger charge is -2.44. The van der Waals surface area contributed by atoms with E-state index in [4.69, 9.17) is 8.92 Å². The molecule has 0 spiro atoms. The van der Waals surface area contributed by atoms with Gasteiger partial charge in [0.2, 0.25) is 0 Å². The summed E-state index contributed by atoms with van der Waals surface area (Å²) in [6.45, 7) is 5.27. The van der Waals surface area contributed by atoms with E-state index >= 15 is 0 Å². The van der Waals surface area contributed by atoms with Crippen LogP contribution in [0.3, 0.4) is 0 Å². The second kappa shape index (κ2) is 7.86. The number of ether oxygens (including phenoxy) is 1. The summed E-state index contributed by atoms with van der Waals surface area (Å²) >= 11 is 3.42. The average Bonchev–Trinajstić information content (AvgIpc) is 2.61. The van der Waals surface area contributed by atoms with Crippen LogP contribution >= 0.6 is 15.9 Å². The molecule has 3 atom stereocenters. The molecule has 9 heteroatoms. The molecule has 2 heterocycles. The first-order valence-electron chi connectivity index (χ1n) is 9.20. The number of benzene rings is 1. The van der Waals surface area contributed by atoms with Gasteiger partial charge in [0.1, 0.15) is 17.5 Å². The van der Waals surface area contributed by atoms with Gasteiger partial charge in [0, 0.05) is 22.3 Å². The third-order valence-corrected chi connectivity index (χ3v) is 6.01. The maximum atomic E-state index is 13.0. The van der Waals surface area contributed by atoms with E-state index in [0.29, 0.717) is 23.3 Å². The minimum Gasteiger partial charge on any atom is -0.485 e. The summed E-state index contributed by atoms with van der Waals surface area (Å²) in [5.41, 5.74) is -0.269. The van der Waals surface area contributed by atoms with Crippen molar-refractivity contribution in [3.63, 3.8) is 0 Å². The first-order valence-corrected chi connectivity index (χ1v) is 11.8. The Labute approximate surface area is 178 Å². The molecule has 158 valence electrons. The van der Waals surface area contributed by atoms with E-state index in [9.17, 15) is 18.3 Å². The normalized spacial score (nSPS) is 21.9. The number of aliphatic hydroxyl groups is 1. The maximum absolute atomic E-state index is 13.0. The van der Waals surface area contributed by atoms with Gasteiger partial charge in [0.05, 0.1) is 18.4 Å². The van der Waals surface area contributed by atoms with Gasteiger partial charge in [-0.25, -0.2) is 0 Å². The van der Waals surface area contributed by atoms with Gasteiger partial charge in [0.15, 0.2) is 0 Å². The lowest BCUT2D eigenvalue weighted by atomic mass is 9.86. The number of rotatable bonds is 5. The van der Waals surface area contributed by atoms with Crippen molar-refractivity contribution in [2.45, 2.75) is 51.0 Å². The Morgan fingerprint density at radius 1 is 1.31 bits per heavy atom. The van der Waals surface area contributed by atoms with Gasteiger partial charge in [-0.1, -0.05) is 22.9 Å². The number of aliphatic hydroxyl groups excluding tert-OH is 1. The minimum atomic E-state index is -3.83. The summed E-state index contributed by atoms with van der Waals surface area (Å²) < 4.78 is 37.7. The number of hydrogen-bond acceptors (Lipinski definition) is 6. The molecule has 2 aromatic rings. The van der Waals surface area contributed by atoms with E-state index in [1.54, 1.807) is 38.2 Å². The van der Waals surface area contributed by atoms with Crippen LogP contribution in [0.4, 0.5) is 0 Å². The summed E-state index contributed by atoms with van der Waals surface area (Å²) in [4.78, 5) is 13.0. The number of pyridine rings is 1. The lowest BCUT2D eigenvalue weighted by Crippen LogP contribution is -2.54. The molecule has 3 rings (SSSR count). The van der Waals surface area contributed by atoms with Crippen LogP contribution in [0.15, 0.2) is 45.8 Å². The molecule has 0 saturated carbocycles. The molecule has 1 N–H and O–H groups in total. The molecule has 0 radical (unpaired) electrons. The monoisotopic (exact) mass is 485 g/mol. The molecule has 0 bridgehead atoms. The second-order valence-corrected chi connectivity index (χ2v) is 10.2. The highest BCUT2D eigenvalue weighted by atomic mass is 79.9. The van der Waals surface area contributed by atoms with Crippen LogP contribution in [-0.2, 0) is 14.3 Å². The van der Waals surface area contributed by atoms with Gasteiger partial charge >= 0.3 is 0 Å². The zero-order valence-corrected chi connectivity index (χ0v) is 19.0. The Balaban J connectivity index is 2.23. The molecule has 0 saturated heterocycles. The summed E-state index contributed by atoms with van der Waals surface area (Å²) in [5.74, 6) is 0.543. The first kappa shape index (κ1) is 22.0. The summed E-state index contributed by atoms with van der Waals surface area (Å²) in [7, 11) is -3.83. The van der Waals surface area contributed by atoms with Crippen molar-refractivity contribution in [2.75, 3.05) is 6.26 Å². The Bertz CT molecular complexity index is 1080. The molecule has 29 heavy (non-hydrogen) atoms. The van der Waals surface area contributed by atoms with Crippen molar-refractivity contribution in [3.05, 3.63) is 62.5 Å². The van der Waals surface area contributed by atoms with E-state index in [0.717, 1.165) is 10.7 Å². The highest BCUT2D eigenvalue weighted by Gasteiger charge is 2.48. The topological polar surface area (TPSA) is 94.8 Å². The van der Waals surface area contributed by atoms with Crippen molar-refractivity contribution >= 4 is 26.0 Å². The predicted octanol–water partition coefficient (Wildman–Crippen LogP) is 3.16. The molecule has 1 aliphatic rings. The van der Waals surface area contributed by atoms with Crippen LogP contribution in [0.2, 0.25) is 0 Å². The van der Waals surface area contributed by atoms with E-state index in [-0.39, 0.29) is 5.56 Å². The van der Waals surface area contributed by atoms with Crippen molar-refractivity contribution < 1.29 is 22.4 Å². The number of hydrogen-bond donors (Lipinski definition) is 1. The molecule has 0 aliphatic carbocycles. The molecule has 7 nitrogen and oxygen atoms in total. The fourth-order valence-corrected chi connectivity index (χ4v) is 4.65. The smallest absolute Gasteiger partial charge is 0.264 e. The Morgan fingerprint density at radius 2 is 2.00 bits per heavy atom. The third kappa shape index (κ3) is 4.58. The van der Waals surface area contributed by atoms with E-state index in [1.807, 2.05) is 13.0 Å². The van der Waals surface area contributed by atoms with Gasteiger partial charge < -0.3 is 14.4 Å². The Morgan fingerprint density at radius 3 is 2.59 bits per heavy atom. The molecule has 1 aromatic heterocycles. The highest BCUT2D eigenvalue weighted by molar-refractivity contribution is 9.10. The first-order chi connectivity index (χ1) is 13.4. The largest absolute Gasteiger partial charge is 0.485 e. The van der Waals surface area contributed by atoms with Crippen molar-refractivity contribution in [2.24, 2.45) is 0 Å². The van der Waals surface area contributed by atoms with Crippen molar-refractivity contribution in [3.8, 4) is 5.75 Å².